The summed E-state index contributed by atoms with van der Waals surface area (Å²) in [5.74, 6) is 0. The van der Waals surface area contributed by atoms with Gasteiger partial charge in [0.05, 0.1) is 11.6 Å². The first-order chi connectivity index (χ1) is 5.83. The van der Waals surface area contributed by atoms with Gasteiger partial charge in [0.2, 0.25) is 0 Å². The van der Waals surface area contributed by atoms with Gasteiger partial charge in [-0.15, -0.1) is 0 Å². The van der Waals surface area contributed by atoms with Crippen LogP contribution in [0.1, 0.15) is 30.5 Å². The molecule has 0 heterocycles. The summed E-state index contributed by atoms with van der Waals surface area (Å²) in [6, 6.07) is 9.02. The fraction of sp³-hybridized carbons (Fsp3) is 0.364. The third-order valence-corrected chi connectivity index (χ3v) is 2.02. The van der Waals surface area contributed by atoms with Crippen LogP contribution < -0.4 is 0 Å². The maximum Gasteiger partial charge on any atom is 0.0994 e. The van der Waals surface area contributed by atoms with E-state index in [1.165, 1.54) is 5.56 Å². The largest absolute Gasteiger partial charge is 0.192 e. The van der Waals surface area contributed by atoms with Crippen molar-refractivity contribution in [1.29, 1.82) is 5.26 Å². The summed E-state index contributed by atoms with van der Waals surface area (Å²) in [5, 5.41) is 8.81. The first kappa shape index (κ1) is 8.80. The highest BCUT2D eigenvalue weighted by Gasteiger charge is 2.03. The van der Waals surface area contributed by atoms with Gasteiger partial charge in [-0.3, -0.25) is 0 Å². The second-order valence-corrected chi connectivity index (χ2v) is 2.67. The highest BCUT2D eigenvalue weighted by molar-refractivity contribution is 5.42. The lowest BCUT2D eigenvalue weighted by molar-refractivity contribution is 1.03. The molecule has 61 valence electrons. The van der Waals surface area contributed by atoms with Crippen LogP contribution in [0, 0.1) is 17.4 Å². The van der Waals surface area contributed by atoms with Crippen LogP contribution in [-0.2, 0) is 12.8 Å². The van der Waals surface area contributed by atoms with Crippen LogP contribution in [0.5, 0.6) is 0 Å². The highest BCUT2D eigenvalue weighted by atomic mass is 14.2. The van der Waals surface area contributed by atoms with E-state index in [1.54, 1.807) is 0 Å². The van der Waals surface area contributed by atoms with E-state index in [0.29, 0.717) is 0 Å². The Bertz CT molecular complexity index is 307. The first-order valence-electron chi connectivity index (χ1n) is 4.26. The minimum atomic E-state index is 0.799. The van der Waals surface area contributed by atoms with E-state index < -0.39 is 0 Å². The molecule has 1 aromatic carbocycles. The Balaban J connectivity index is 3.24. The number of nitrogens with zero attached hydrogens (tertiary/aromatic N) is 1. The zero-order valence-corrected chi connectivity index (χ0v) is 7.52. The first-order valence-corrected chi connectivity index (χ1v) is 4.26. The van der Waals surface area contributed by atoms with Crippen molar-refractivity contribution in [3.05, 3.63) is 34.9 Å². The zero-order chi connectivity index (χ0) is 8.97. The summed E-state index contributed by atoms with van der Waals surface area (Å²) in [6.45, 7) is 4.16. The van der Waals surface area contributed by atoms with E-state index in [9.17, 15) is 0 Å². The molecule has 0 spiro atoms. The molecule has 0 aromatic heterocycles. The molecule has 0 saturated carbocycles. The van der Waals surface area contributed by atoms with Crippen molar-refractivity contribution in [3.8, 4) is 6.07 Å². The average Bonchev–Trinajstić information content (AvgIpc) is 2.16. The Morgan fingerprint density at radius 3 is 2.67 bits per heavy atom. The third-order valence-electron chi connectivity index (χ3n) is 2.02. The van der Waals surface area contributed by atoms with Gasteiger partial charge in [0.1, 0.15) is 0 Å². The van der Waals surface area contributed by atoms with Gasteiger partial charge >= 0.3 is 0 Å². The van der Waals surface area contributed by atoms with Gasteiger partial charge < -0.3 is 0 Å². The molecule has 0 atom stereocenters. The Kier molecular flexibility index (Phi) is 2.88. The average molecular weight is 158 g/mol. The van der Waals surface area contributed by atoms with Gasteiger partial charge in [-0.05, 0) is 36.1 Å². The number of aryl methyl sites for hydroxylation is 1. The topological polar surface area (TPSA) is 23.8 Å². The van der Waals surface area contributed by atoms with Crippen molar-refractivity contribution in [2.45, 2.75) is 26.7 Å². The normalized spacial score (nSPS) is 9.42. The van der Waals surface area contributed by atoms with Gasteiger partial charge in [0, 0.05) is 0 Å². The van der Waals surface area contributed by atoms with Crippen molar-refractivity contribution < 1.29 is 0 Å². The van der Waals surface area contributed by atoms with Crippen molar-refractivity contribution in [2.24, 2.45) is 0 Å². The van der Waals surface area contributed by atoms with Crippen molar-refractivity contribution in [2.75, 3.05) is 0 Å². The Morgan fingerprint density at radius 1 is 1.42 bits per heavy atom. The molecular formula is C11H12N. The van der Waals surface area contributed by atoms with Gasteiger partial charge in [-0.25, -0.2) is 0 Å². The molecule has 0 aliphatic rings. The minimum Gasteiger partial charge on any atom is -0.192 e. The van der Waals surface area contributed by atoms with Crippen LogP contribution in [0.15, 0.2) is 12.1 Å². The number of hydrogen-bond acceptors (Lipinski definition) is 1. The van der Waals surface area contributed by atoms with Crippen LogP contribution in [0.3, 0.4) is 0 Å². The predicted octanol–water partition coefficient (Wildman–Crippen LogP) is 2.48. The van der Waals surface area contributed by atoms with Crippen LogP contribution >= 0.6 is 0 Å². The van der Waals surface area contributed by atoms with E-state index in [0.717, 1.165) is 24.0 Å². The van der Waals surface area contributed by atoms with E-state index >= 15 is 0 Å². The standard InChI is InChI=1S/C11H12N/c1-3-9-6-5-7-10(8-12)11(9)4-2/h5,7H,3-4H2,1-2H3. The second kappa shape index (κ2) is 3.92. The monoisotopic (exact) mass is 158 g/mol. The number of rotatable bonds is 2. The summed E-state index contributed by atoms with van der Waals surface area (Å²) >= 11 is 0. The van der Waals surface area contributed by atoms with Crippen LogP contribution in [-0.4, -0.2) is 0 Å². The lowest BCUT2D eigenvalue weighted by atomic mass is 9.98. The second-order valence-electron chi connectivity index (χ2n) is 2.67. The molecule has 1 nitrogen and oxygen atoms in total. The predicted molar refractivity (Wildman–Crippen MR) is 48.7 cm³/mol. The quantitative estimate of drug-likeness (QED) is 0.648. The van der Waals surface area contributed by atoms with Gasteiger partial charge in [0.25, 0.3) is 0 Å². The highest BCUT2D eigenvalue weighted by Crippen LogP contribution is 2.14. The number of hydrogen-bond donors (Lipinski definition) is 0. The molecule has 1 heteroatoms. The molecule has 1 aromatic rings. The molecule has 0 aliphatic heterocycles. The number of benzene rings is 1. The fourth-order valence-electron chi connectivity index (χ4n) is 1.40. The van der Waals surface area contributed by atoms with Crippen LogP contribution in [0.25, 0.3) is 0 Å². The van der Waals surface area contributed by atoms with E-state index in [-0.39, 0.29) is 0 Å². The molecule has 1 radical (unpaired) electrons. The molecule has 0 N–H and O–H groups in total. The Hall–Kier alpha value is -1.29. The van der Waals surface area contributed by atoms with Crippen molar-refractivity contribution >= 4 is 0 Å². The summed E-state index contributed by atoms with van der Waals surface area (Å²) in [7, 11) is 0. The van der Waals surface area contributed by atoms with Gasteiger partial charge in [-0.1, -0.05) is 19.9 Å². The van der Waals surface area contributed by atoms with E-state index in [4.69, 9.17) is 5.26 Å². The minimum absolute atomic E-state index is 0.799. The zero-order valence-electron chi connectivity index (χ0n) is 7.52. The maximum atomic E-state index is 8.81. The lowest BCUT2D eigenvalue weighted by Crippen LogP contribution is -1.94. The molecular weight excluding hydrogens is 146 g/mol. The van der Waals surface area contributed by atoms with E-state index in [1.807, 2.05) is 12.1 Å². The van der Waals surface area contributed by atoms with Gasteiger partial charge in [-0.2, -0.15) is 5.26 Å². The van der Waals surface area contributed by atoms with E-state index in [2.05, 4.69) is 26.0 Å². The molecule has 12 heavy (non-hydrogen) atoms. The summed E-state index contributed by atoms with van der Waals surface area (Å²) in [5.41, 5.74) is 3.13. The molecule has 0 fully saturated rings. The van der Waals surface area contributed by atoms with Gasteiger partial charge in [0.15, 0.2) is 0 Å². The third kappa shape index (κ3) is 1.48. The Morgan fingerprint density at radius 2 is 2.17 bits per heavy atom. The molecule has 0 bridgehead atoms. The van der Waals surface area contributed by atoms with Crippen molar-refractivity contribution in [3.63, 3.8) is 0 Å². The molecule has 0 saturated heterocycles. The summed E-state index contributed by atoms with van der Waals surface area (Å²) in [6.07, 6.45) is 1.88. The SMILES string of the molecule is CCc1[c]ccc(C#N)c1CC. The molecule has 0 aliphatic carbocycles. The maximum absolute atomic E-state index is 8.81. The summed E-state index contributed by atoms with van der Waals surface area (Å²) < 4.78 is 0. The molecule has 1 rings (SSSR count). The molecule has 0 amide bonds. The van der Waals surface area contributed by atoms with Crippen molar-refractivity contribution in [1.82, 2.24) is 0 Å². The molecule has 0 unspecified atom stereocenters. The summed E-state index contributed by atoms with van der Waals surface area (Å²) in [4.78, 5) is 0. The Labute approximate surface area is 73.6 Å². The lowest BCUT2D eigenvalue weighted by Gasteiger charge is -2.05. The van der Waals surface area contributed by atoms with Crippen LogP contribution in [0.2, 0.25) is 0 Å². The number of nitriles is 1. The fourth-order valence-corrected chi connectivity index (χ4v) is 1.40. The van der Waals surface area contributed by atoms with Crippen LogP contribution in [0.4, 0.5) is 0 Å². The smallest absolute Gasteiger partial charge is 0.0994 e.